The molecule has 17 atom stereocenters. The van der Waals surface area contributed by atoms with Crippen LogP contribution in [0, 0.1) is 0 Å². The standard InChI is InChI=1S/C71H117NO18/c1-3-5-7-9-11-13-15-17-18-19-20-21-22-23-24-25-26-27-28-29-30-31-32-33-34-35-36-37-39-41-43-45-47-49-59(77)72-54(55(76)48-46-44-42-40-38-16-14-12-10-8-6-4-2)53-85-69-65(83)62(80)67(57(51-74)87-69)90-71-66(84)63(81)68(58(52-75)88-71)89-70-64(82)61(79)60(78)56(50-73)86-70/h5,7,11,13,17-18,20-21,23-24,26-27,29-30,32-33,35-36,39,41,54-58,60-71,73-76,78-84H,3-4,6,8-10,12,14-16,19,22,25,28,31,34,37-38,40,42-53H2,1-2H3,(H,72,77)/b7-5-,13-11-,18-17-,21-20-,24-23-,27-26-,30-29-,33-32-,36-35-,41-39-. The molecule has 0 spiro atoms. The lowest BCUT2D eigenvalue weighted by molar-refractivity contribution is -0.379. The van der Waals surface area contributed by atoms with Gasteiger partial charge in [-0.05, 0) is 89.9 Å². The topological polar surface area (TPSA) is 307 Å². The largest absolute Gasteiger partial charge is 0.394 e. The van der Waals surface area contributed by atoms with Crippen molar-refractivity contribution in [2.24, 2.45) is 0 Å². The molecule has 3 rings (SSSR count). The summed E-state index contributed by atoms with van der Waals surface area (Å²) >= 11 is 0. The molecular formula is C71H117NO18. The number of aliphatic hydroxyl groups is 11. The Morgan fingerprint density at radius 2 is 0.767 bits per heavy atom. The third kappa shape index (κ3) is 33.3. The Bertz CT molecular complexity index is 2100. The molecule has 0 aromatic rings. The maximum absolute atomic E-state index is 13.4. The smallest absolute Gasteiger partial charge is 0.220 e. The van der Waals surface area contributed by atoms with E-state index in [1.54, 1.807) is 0 Å². The molecule has 3 saturated heterocycles. The summed E-state index contributed by atoms with van der Waals surface area (Å²) in [5.41, 5.74) is 0. The SMILES string of the molecule is CC/C=C\C/C=C\C/C=C\C/C=C\C/C=C\C/C=C\C/C=C\C/C=C\C/C=C\C/C=C\CCCCC(=O)NC(COC1OC(CO)C(OC2OC(CO)C(OC3OC(CO)C(O)C(O)C3O)C(O)C2O)C(O)C1O)C(O)CCCCCCCCCCCCCC. The highest BCUT2D eigenvalue weighted by molar-refractivity contribution is 5.76. The van der Waals surface area contributed by atoms with Gasteiger partial charge in [0.1, 0.15) is 73.2 Å². The van der Waals surface area contributed by atoms with E-state index in [9.17, 15) is 61.0 Å². The van der Waals surface area contributed by atoms with E-state index in [1.165, 1.54) is 51.4 Å². The lowest BCUT2D eigenvalue weighted by Gasteiger charge is -2.48. The summed E-state index contributed by atoms with van der Waals surface area (Å²) in [7, 11) is 0. The van der Waals surface area contributed by atoms with Gasteiger partial charge in [0.25, 0.3) is 0 Å². The molecule has 17 unspecified atom stereocenters. The van der Waals surface area contributed by atoms with Gasteiger partial charge < -0.3 is 89.9 Å². The fourth-order valence-corrected chi connectivity index (χ4v) is 10.6. The van der Waals surface area contributed by atoms with Crippen LogP contribution in [0.15, 0.2) is 122 Å². The molecule has 0 saturated carbocycles. The zero-order valence-electron chi connectivity index (χ0n) is 54.1. The molecule has 3 fully saturated rings. The predicted molar refractivity (Wildman–Crippen MR) is 350 cm³/mol. The maximum Gasteiger partial charge on any atom is 0.220 e. The van der Waals surface area contributed by atoms with Crippen molar-refractivity contribution in [3.63, 3.8) is 0 Å². The van der Waals surface area contributed by atoms with E-state index >= 15 is 0 Å². The number of hydrogen-bond donors (Lipinski definition) is 12. The van der Waals surface area contributed by atoms with Crippen LogP contribution in [0.4, 0.5) is 0 Å². The summed E-state index contributed by atoms with van der Waals surface area (Å²) < 4.78 is 34.3. The van der Waals surface area contributed by atoms with Gasteiger partial charge >= 0.3 is 0 Å². The number of aliphatic hydroxyl groups excluding tert-OH is 11. The molecule has 0 bridgehead atoms. The zero-order valence-corrected chi connectivity index (χ0v) is 54.1. The van der Waals surface area contributed by atoms with Crippen molar-refractivity contribution in [1.29, 1.82) is 0 Å². The van der Waals surface area contributed by atoms with Crippen molar-refractivity contribution in [2.45, 2.75) is 291 Å². The Morgan fingerprint density at radius 1 is 0.411 bits per heavy atom. The molecule has 0 radical (unpaired) electrons. The van der Waals surface area contributed by atoms with E-state index < -0.39 is 124 Å². The molecule has 0 aromatic carbocycles. The normalized spacial score (nSPS) is 28.8. The van der Waals surface area contributed by atoms with E-state index in [0.29, 0.717) is 19.3 Å². The second kappa shape index (κ2) is 51.6. The van der Waals surface area contributed by atoms with Gasteiger partial charge in [-0.15, -0.1) is 0 Å². The third-order valence-electron chi connectivity index (χ3n) is 16.1. The van der Waals surface area contributed by atoms with E-state index in [0.717, 1.165) is 96.3 Å². The molecular weight excluding hydrogens is 1150 g/mol. The number of unbranched alkanes of at least 4 members (excludes halogenated alkanes) is 13. The number of nitrogens with one attached hydrogen (secondary N) is 1. The second-order valence-corrected chi connectivity index (χ2v) is 23.6. The molecule has 19 nitrogen and oxygen atoms in total. The average molecular weight is 1270 g/mol. The number of allylic oxidation sites excluding steroid dienone is 20. The number of carbonyl (C=O) groups excluding carboxylic acids is 1. The molecule has 3 heterocycles. The quantitative estimate of drug-likeness (QED) is 0.0201. The lowest BCUT2D eigenvalue weighted by atomic mass is 9.96. The van der Waals surface area contributed by atoms with Gasteiger partial charge in [-0.2, -0.15) is 0 Å². The molecule has 3 aliphatic heterocycles. The number of carbonyl (C=O) groups is 1. The monoisotopic (exact) mass is 1270 g/mol. The molecule has 514 valence electrons. The summed E-state index contributed by atoms with van der Waals surface area (Å²) in [5, 5.41) is 120. The maximum atomic E-state index is 13.4. The van der Waals surface area contributed by atoms with Gasteiger partial charge in [-0.1, -0.05) is 212 Å². The van der Waals surface area contributed by atoms with Gasteiger partial charge in [-0.25, -0.2) is 0 Å². The van der Waals surface area contributed by atoms with Crippen LogP contribution in [-0.2, 0) is 33.2 Å². The Morgan fingerprint density at radius 3 is 1.18 bits per heavy atom. The van der Waals surface area contributed by atoms with Gasteiger partial charge in [0.2, 0.25) is 5.91 Å². The van der Waals surface area contributed by atoms with Crippen molar-refractivity contribution in [1.82, 2.24) is 5.32 Å². The highest BCUT2D eigenvalue weighted by atomic mass is 16.8. The van der Waals surface area contributed by atoms with E-state index in [4.69, 9.17) is 28.4 Å². The summed E-state index contributed by atoms with van der Waals surface area (Å²) in [4.78, 5) is 13.4. The van der Waals surface area contributed by atoms with Gasteiger partial charge in [-0.3, -0.25) is 4.79 Å². The minimum Gasteiger partial charge on any atom is -0.394 e. The van der Waals surface area contributed by atoms with Crippen LogP contribution in [0.5, 0.6) is 0 Å². The van der Waals surface area contributed by atoms with Crippen LogP contribution in [-0.4, -0.2) is 193 Å². The van der Waals surface area contributed by atoms with Gasteiger partial charge in [0.15, 0.2) is 18.9 Å². The molecule has 3 aliphatic rings. The molecule has 1 amide bonds. The van der Waals surface area contributed by atoms with Crippen LogP contribution in [0.25, 0.3) is 0 Å². The van der Waals surface area contributed by atoms with Crippen molar-refractivity contribution < 1.29 is 89.4 Å². The minimum absolute atomic E-state index is 0.202. The summed E-state index contributed by atoms with van der Waals surface area (Å²) in [6, 6.07) is -0.919. The highest BCUT2D eigenvalue weighted by Gasteiger charge is 2.53. The molecule has 0 aliphatic carbocycles. The van der Waals surface area contributed by atoms with Crippen LogP contribution < -0.4 is 5.32 Å². The first kappa shape index (κ1) is 80.4. The zero-order chi connectivity index (χ0) is 65.4. The first-order valence-electron chi connectivity index (χ1n) is 33.8. The fourth-order valence-electron chi connectivity index (χ4n) is 10.6. The summed E-state index contributed by atoms with van der Waals surface area (Å²) in [6.07, 6.45) is 42.9. The Balaban J connectivity index is 1.41. The minimum atomic E-state index is -1.98. The molecule has 90 heavy (non-hydrogen) atoms. The third-order valence-corrected chi connectivity index (χ3v) is 16.1. The van der Waals surface area contributed by atoms with E-state index in [2.05, 4.69) is 141 Å². The first-order valence-corrected chi connectivity index (χ1v) is 33.8. The first-order chi connectivity index (χ1) is 43.8. The van der Waals surface area contributed by atoms with Crippen molar-refractivity contribution in [2.75, 3.05) is 26.4 Å². The van der Waals surface area contributed by atoms with Crippen LogP contribution in [0.3, 0.4) is 0 Å². The Hall–Kier alpha value is -3.81. The fraction of sp³-hybridized carbons (Fsp3) is 0.704. The average Bonchev–Trinajstić information content (AvgIpc) is 0.864. The van der Waals surface area contributed by atoms with E-state index in [1.807, 2.05) is 0 Å². The predicted octanol–water partition coefficient (Wildman–Crippen LogP) is 8.43. The van der Waals surface area contributed by atoms with Crippen LogP contribution in [0.1, 0.15) is 187 Å². The highest BCUT2D eigenvalue weighted by Crippen LogP contribution is 2.33. The molecule has 12 N–H and O–H groups in total. The molecule has 0 aromatic heterocycles. The number of rotatable bonds is 49. The number of amides is 1. The van der Waals surface area contributed by atoms with Crippen molar-refractivity contribution in [3.05, 3.63) is 122 Å². The second-order valence-electron chi connectivity index (χ2n) is 23.6. The van der Waals surface area contributed by atoms with Gasteiger partial charge in [0.05, 0.1) is 38.6 Å². The Kier molecular flexibility index (Phi) is 46.1. The van der Waals surface area contributed by atoms with Gasteiger partial charge in [0, 0.05) is 6.42 Å². The summed E-state index contributed by atoms with van der Waals surface area (Å²) in [5.74, 6) is -0.292. The van der Waals surface area contributed by atoms with Crippen molar-refractivity contribution in [3.8, 4) is 0 Å². The molecule has 19 heteroatoms. The van der Waals surface area contributed by atoms with Crippen LogP contribution >= 0.6 is 0 Å². The number of hydrogen-bond acceptors (Lipinski definition) is 18. The Labute approximate surface area is 538 Å². The number of ether oxygens (including phenoxy) is 6. The van der Waals surface area contributed by atoms with Crippen LogP contribution in [0.2, 0.25) is 0 Å². The lowest BCUT2D eigenvalue weighted by Crippen LogP contribution is -2.66. The van der Waals surface area contributed by atoms with Crippen molar-refractivity contribution >= 4 is 5.91 Å². The van der Waals surface area contributed by atoms with E-state index in [-0.39, 0.29) is 18.9 Å². The summed E-state index contributed by atoms with van der Waals surface area (Å²) in [6.45, 7) is 1.61.